The van der Waals surface area contributed by atoms with Gasteiger partial charge >= 0.3 is 0 Å². The summed E-state index contributed by atoms with van der Waals surface area (Å²) in [7, 11) is 1.51. The second kappa shape index (κ2) is 5.30. The van der Waals surface area contributed by atoms with Gasteiger partial charge in [0.25, 0.3) is 0 Å². The molecule has 0 aromatic heterocycles. The van der Waals surface area contributed by atoms with Crippen molar-refractivity contribution in [2.45, 2.75) is 18.8 Å². The maximum absolute atomic E-state index is 10.1. The number of ether oxygens (including phenoxy) is 1. The Morgan fingerprint density at radius 1 is 1.14 bits per heavy atom. The van der Waals surface area contributed by atoms with Crippen LogP contribution in [0.15, 0.2) is 30.3 Å². The van der Waals surface area contributed by atoms with Crippen molar-refractivity contribution in [2.75, 3.05) is 13.7 Å². The number of phenolic OH excluding ortho intramolecular Hbond substituents is 2. The molecule has 0 aliphatic heterocycles. The molecule has 1 aliphatic carbocycles. The molecule has 3 N–H and O–H groups in total. The van der Waals surface area contributed by atoms with Crippen LogP contribution in [0.25, 0.3) is 11.1 Å². The number of rotatable bonds is 2. The van der Waals surface area contributed by atoms with E-state index in [0.29, 0.717) is 5.75 Å². The molecule has 0 spiro atoms. The number of benzene rings is 2. The van der Waals surface area contributed by atoms with Gasteiger partial charge < -0.3 is 20.1 Å². The highest BCUT2D eigenvalue weighted by Gasteiger charge is 2.24. The molecule has 4 heteroatoms. The van der Waals surface area contributed by atoms with Gasteiger partial charge in [-0.05, 0) is 59.4 Å². The first kappa shape index (κ1) is 13.8. The smallest absolute Gasteiger partial charge is 0.160 e. The molecule has 0 heterocycles. The molecular formula is C17H18O4. The van der Waals surface area contributed by atoms with Crippen LogP contribution in [0, 0.1) is 0 Å². The summed E-state index contributed by atoms with van der Waals surface area (Å²) in [5.74, 6) is 0.711. The lowest BCUT2D eigenvalue weighted by molar-refractivity contribution is 0.259. The van der Waals surface area contributed by atoms with E-state index in [1.165, 1.54) is 7.11 Å². The molecule has 1 aliphatic rings. The highest BCUT2D eigenvalue weighted by molar-refractivity contribution is 5.76. The maximum atomic E-state index is 10.1. The average molecular weight is 286 g/mol. The van der Waals surface area contributed by atoms with E-state index in [-0.39, 0.29) is 24.0 Å². The van der Waals surface area contributed by atoms with E-state index in [4.69, 9.17) is 4.74 Å². The highest BCUT2D eigenvalue weighted by atomic mass is 16.5. The number of phenols is 2. The largest absolute Gasteiger partial charge is 0.508 e. The Balaban J connectivity index is 2.26. The molecule has 1 atom stereocenters. The number of aryl methyl sites for hydroxylation is 1. The van der Waals surface area contributed by atoms with E-state index in [1.54, 1.807) is 24.3 Å². The minimum Gasteiger partial charge on any atom is -0.508 e. The lowest BCUT2D eigenvalue weighted by Gasteiger charge is -2.17. The van der Waals surface area contributed by atoms with E-state index in [2.05, 4.69) is 0 Å². The van der Waals surface area contributed by atoms with Gasteiger partial charge in [-0.3, -0.25) is 0 Å². The Labute approximate surface area is 123 Å². The molecule has 2 aromatic carbocycles. The van der Waals surface area contributed by atoms with Crippen molar-refractivity contribution in [3.05, 3.63) is 41.5 Å². The molecule has 2 aromatic rings. The summed E-state index contributed by atoms with van der Waals surface area (Å²) in [6.45, 7) is 0.0426. The molecular weight excluding hydrogens is 268 g/mol. The van der Waals surface area contributed by atoms with Crippen molar-refractivity contribution in [1.29, 1.82) is 0 Å². The summed E-state index contributed by atoms with van der Waals surface area (Å²) in [6.07, 6.45) is 1.56. The van der Waals surface area contributed by atoms with Crippen LogP contribution in [0.1, 0.15) is 23.5 Å². The van der Waals surface area contributed by atoms with Gasteiger partial charge in [0.2, 0.25) is 0 Å². The summed E-state index contributed by atoms with van der Waals surface area (Å²) < 4.78 is 5.18. The molecule has 110 valence electrons. The standard InChI is InChI=1S/C17H18O4/c1-21-17-8-14-11(9-18)3-2-10-6-12(19)4-5-13(10)15(14)7-16(17)20/h4-8,11,18-20H,2-3,9H2,1H3. The molecule has 0 bridgehead atoms. The van der Waals surface area contributed by atoms with Crippen LogP contribution < -0.4 is 4.74 Å². The second-order valence-electron chi connectivity index (χ2n) is 5.37. The Bertz CT molecular complexity index is 679. The van der Waals surface area contributed by atoms with Gasteiger partial charge in [-0.25, -0.2) is 0 Å². The van der Waals surface area contributed by atoms with Crippen LogP contribution in [0.3, 0.4) is 0 Å². The normalized spacial score (nSPS) is 16.8. The predicted octanol–water partition coefficient (Wildman–Crippen LogP) is 2.80. The lowest BCUT2D eigenvalue weighted by Crippen LogP contribution is -2.05. The van der Waals surface area contributed by atoms with Gasteiger partial charge in [-0.2, -0.15) is 0 Å². The van der Waals surface area contributed by atoms with Gasteiger partial charge in [-0.15, -0.1) is 0 Å². The van der Waals surface area contributed by atoms with Crippen molar-refractivity contribution in [1.82, 2.24) is 0 Å². The molecule has 3 rings (SSSR count). The summed E-state index contributed by atoms with van der Waals surface area (Å²) in [5, 5.41) is 29.4. The maximum Gasteiger partial charge on any atom is 0.160 e. The zero-order chi connectivity index (χ0) is 15.0. The van der Waals surface area contributed by atoms with Crippen LogP contribution in [0.5, 0.6) is 17.2 Å². The zero-order valence-corrected chi connectivity index (χ0v) is 11.8. The minimum absolute atomic E-state index is 0.0101. The van der Waals surface area contributed by atoms with E-state index in [9.17, 15) is 15.3 Å². The van der Waals surface area contributed by atoms with Crippen LogP contribution in [-0.2, 0) is 6.42 Å². The number of aromatic hydroxyl groups is 2. The summed E-state index contributed by atoms with van der Waals surface area (Å²) in [5.41, 5.74) is 3.87. The molecule has 0 amide bonds. The lowest BCUT2D eigenvalue weighted by atomic mass is 9.91. The number of aliphatic hydroxyl groups is 1. The van der Waals surface area contributed by atoms with Crippen LogP contribution in [0.4, 0.5) is 0 Å². The fourth-order valence-electron chi connectivity index (χ4n) is 3.04. The quantitative estimate of drug-likeness (QED) is 0.794. The van der Waals surface area contributed by atoms with Gasteiger partial charge in [0.15, 0.2) is 11.5 Å². The van der Waals surface area contributed by atoms with Crippen molar-refractivity contribution in [3.8, 4) is 28.4 Å². The van der Waals surface area contributed by atoms with Crippen molar-refractivity contribution < 1.29 is 20.1 Å². The van der Waals surface area contributed by atoms with Gasteiger partial charge in [0.05, 0.1) is 7.11 Å². The summed E-state index contributed by atoms with van der Waals surface area (Å²) in [4.78, 5) is 0. The molecule has 0 saturated heterocycles. The predicted molar refractivity (Wildman–Crippen MR) is 79.9 cm³/mol. The number of methoxy groups -OCH3 is 1. The third kappa shape index (κ3) is 2.32. The number of hydrogen-bond acceptors (Lipinski definition) is 4. The Hall–Kier alpha value is -2.20. The molecule has 0 saturated carbocycles. The molecule has 0 radical (unpaired) electrons. The van der Waals surface area contributed by atoms with Crippen LogP contribution in [-0.4, -0.2) is 29.0 Å². The van der Waals surface area contributed by atoms with Gasteiger partial charge in [0, 0.05) is 12.5 Å². The first-order valence-electron chi connectivity index (χ1n) is 6.98. The monoisotopic (exact) mass is 286 g/mol. The Morgan fingerprint density at radius 2 is 1.95 bits per heavy atom. The molecule has 1 unspecified atom stereocenters. The number of hydrogen-bond donors (Lipinski definition) is 3. The summed E-state index contributed by atoms with van der Waals surface area (Å²) in [6, 6.07) is 8.73. The van der Waals surface area contributed by atoms with E-state index in [0.717, 1.165) is 35.1 Å². The average Bonchev–Trinajstić information content (AvgIpc) is 2.62. The Morgan fingerprint density at radius 3 is 2.67 bits per heavy atom. The zero-order valence-electron chi connectivity index (χ0n) is 11.8. The topological polar surface area (TPSA) is 69.9 Å². The van der Waals surface area contributed by atoms with E-state index < -0.39 is 0 Å². The first-order valence-corrected chi connectivity index (χ1v) is 6.98. The van der Waals surface area contributed by atoms with Crippen LogP contribution in [0.2, 0.25) is 0 Å². The molecule has 4 nitrogen and oxygen atoms in total. The van der Waals surface area contributed by atoms with E-state index in [1.807, 2.05) is 6.07 Å². The first-order chi connectivity index (χ1) is 10.1. The van der Waals surface area contributed by atoms with Crippen LogP contribution >= 0.6 is 0 Å². The SMILES string of the molecule is COc1cc2c(cc1O)-c1ccc(O)cc1CCC2CO. The Kier molecular flexibility index (Phi) is 3.47. The number of fused-ring (bicyclic) bond motifs is 3. The van der Waals surface area contributed by atoms with Gasteiger partial charge in [0.1, 0.15) is 5.75 Å². The minimum atomic E-state index is -0.0101. The number of aliphatic hydroxyl groups excluding tert-OH is 1. The summed E-state index contributed by atoms with van der Waals surface area (Å²) >= 11 is 0. The molecule has 0 fully saturated rings. The van der Waals surface area contributed by atoms with Crippen molar-refractivity contribution in [3.63, 3.8) is 0 Å². The third-order valence-corrected chi connectivity index (χ3v) is 4.15. The van der Waals surface area contributed by atoms with Crippen molar-refractivity contribution in [2.24, 2.45) is 0 Å². The van der Waals surface area contributed by atoms with Gasteiger partial charge in [-0.1, -0.05) is 6.07 Å². The van der Waals surface area contributed by atoms with E-state index >= 15 is 0 Å². The van der Waals surface area contributed by atoms with Crippen molar-refractivity contribution >= 4 is 0 Å². The molecule has 21 heavy (non-hydrogen) atoms. The third-order valence-electron chi connectivity index (χ3n) is 4.15. The fourth-order valence-corrected chi connectivity index (χ4v) is 3.04. The highest BCUT2D eigenvalue weighted by Crippen LogP contribution is 2.43. The second-order valence-corrected chi connectivity index (χ2v) is 5.37. The fraction of sp³-hybridized carbons (Fsp3) is 0.294.